The second kappa shape index (κ2) is 7.25. The van der Waals surface area contributed by atoms with E-state index in [0.29, 0.717) is 11.3 Å². The van der Waals surface area contributed by atoms with Gasteiger partial charge in [-0.05, 0) is 42.6 Å². The molecule has 3 aromatic rings. The third-order valence-corrected chi connectivity index (χ3v) is 7.26. The van der Waals surface area contributed by atoms with Gasteiger partial charge in [0.25, 0.3) is 5.91 Å². The molecule has 0 aliphatic rings. The van der Waals surface area contributed by atoms with Crippen molar-refractivity contribution in [3.63, 3.8) is 0 Å². The summed E-state index contributed by atoms with van der Waals surface area (Å²) in [5.41, 5.74) is 1.53. The molecule has 130 valence electrons. The maximum atomic E-state index is 12.9. The zero-order valence-corrected chi connectivity index (χ0v) is 15.1. The Morgan fingerprint density at radius 3 is 2.52 bits per heavy atom. The van der Waals surface area contributed by atoms with Crippen molar-refractivity contribution in [2.45, 2.75) is 16.4 Å². The molecule has 0 saturated carbocycles. The van der Waals surface area contributed by atoms with E-state index in [-0.39, 0.29) is 16.7 Å². The molecular formula is C18H17NO4S2. The zero-order valence-electron chi connectivity index (χ0n) is 13.5. The Balaban J connectivity index is 1.82. The summed E-state index contributed by atoms with van der Waals surface area (Å²) in [5.74, 6) is -0.0180. The van der Waals surface area contributed by atoms with Crippen molar-refractivity contribution in [1.29, 1.82) is 0 Å². The van der Waals surface area contributed by atoms with Crippen molar-refractivity contribution in [1.82, 2.24) is 5.32 Å². The molecule has 3 rings (SSSR count). The van der Waals surface area contributed by atoms with Crippen LogP contribution in [0.5, 0.6) is 0 Å². The maximum absolute atomic E-state index is 12.9. The highest BCUT2D eigenvalue weighted by molar-refractivity contribution is 7.93. The zero-order chi connectivity index (χ0) is 17.9. The number of rotatable bonds is 6. The van der Waals surface area contributed by atoms with Crippen LogP contribution in [-0.2, 0) is 9.84 Å². The minimum atomic E-state index is -3.66. The van der Waals surface area contributed by atoms with Crippen molar-refractivity contribution < 1.29 is 17.6 Å². The normalized spacial score (nSPS) is 12.7. The van der Waals surface area contributed by atoms with Crippen LogP contribution in [0.2, 0.25) is 0 Å². The fraction of sp³-hybridized carbons (Fsp3) is 0.167. The van der Waals surface area contributed by atoms with Crippen molar-refractivity contribution in [2.75, 3.05) is 6.54 Å². The molecule has 0 fully saturated rings. The quantitative estimate of drug-likeness (QED) is 0.714. The first-order valence-electron chi connectivity index (χ1n) is 7.64. The molecule has 1 atom stereocenters. The van der Waals surface area contributed by atoms with Crippen LogP contribution in [-0.4, -0.2) is 20.9 Å². The van der Waals surface area contributed by atoms with Crippen LogP contribution >= 0.6 is 11.3 Å². The first kappa shape index (κ1) is 17.4. The van der Waals surface area contributed by atoms with E-state index in [4.69, 9.17) is 4.42 Å². The summed E-state index contributed by atoms with van der Waals surface area (Å²) in [6.07, 6.45) is 1.42. The van der Waals surface area contributed by atoms with Crippen molar-refractivity contribution in [3.05, 3.63) is 77.1 Å². The van der Waals surface area contributed by atoms with Crippen LogP contribution < -0.4 is 5.32 Å². The van der Waals surface area contributed by atoms with Gasteiger partial charge in [0.15, 0.2) is 9.84 Å². The molecule has 5 nitrogen and oxygen atoms in total. The molecule has 1 aromatic carbocycles. The highest BCUT2D eigenvalue weighted by atomic mass is 32.2. The molecule has 1 amide bonds. The van der Waals surface area contributed by atoms with Crippen LogP contribution in [0.3, 0.4) is 0 Å². The molecule has 2 heterocycles. The Hall–Kier alpha value is -2.38. The van der Waals surface area contributed by atoms with Gasteiger partial charge in [0.05, 0.1) is 6.26 Å². The summed E-state index contributed by atoms with van der Waals surface area (Å²) in [4.78, 5) is 12.3. The Kier molecular flexibility index (Phi) is 5.06. The fourth-order valence-corrected chi connectivity index (χ4v) is 5.19. The van der Waals surface area contributed by atoms with Crippen molar-refractivity contribution in [3.8, 4) is 0 Å². The predicted molar refractivity (Wildman–Crippen MR) is 96.5 cm³/mol. The number of amides is 1. The van der Waals surface area contributed by atoms with E-state index in [0.717, 1.165) is 16.9 Å². The number of nitrogens with one attached hydrogen (secondary N) is 1. The fourth-order valence-electron chi connectivity index (χ4n) is 2.40. The summed E-state index contributed by atoms with van der Waals surface area (Å²) in [6.45, 7) is 1.86. The maximum Gasteiger partial charge on any atom is 0.251 e. The highest BCUT2D eigenvalue weighted by Crippen LogP contribution is 2.31. The van der Waals surface area contributed by atoms with Crippen LogP contribution in [0.4, 0.5) is 0 Å². The number of hydrogen-bond donors (Lipinski definition) is 1. The van der Waals surface area contributed by atoms with Crippen LogP contribution in [0.25, 0.3) is 0 Å². The molecule has 0 radical (unpaired) electrons. The predicted octanol–water partition coefficient (Wildman–Crippen LogP) is 3.59. The highest BCUT2D eigenvalue weighted by Gasteiger charge is 2.32. The van der Waals surface area contributed by atoms with Gasteiger partial charge in [-0.25, -0.2) is 8.42 Å². The van der Waals surface area contributed by atoms with E-state index in [2.05, 4.69) is 5.32 Å². The lowest BCUT2D eigenvalue weighted by Crippen LogP contribution is -2.31. The third-order valence-electron chi connectivity index (χ3n) is 3.77. The summed E-state index contributed by atoms with van der Waals surface area (Å²) < 4.78 is 31.3. The van der Waals surface area contributed by atoms with Gasteiger partial charge >= 0.3 is 0 Å². The molecule has 2 aromatic heterocycles. The molecule has 0 aliphatic heterocycles. The van der Waals surface area contributed by atoms with Crippen LogP contribution in [0.15, 0.2) is 68.8 Å². The lowest BCUT2D eigenvalue weighted by atomic mass is 10.1. The molecule has 7 heteroatoms. The number of sulfone groups is 1. The first-order chi connectivity index (χ1) is 12.0. The van der Waals surface area contributed by atoms with Gasteiger partial charge in [-0.1, -0.05) is 23.8 Å². The number of thiophene rings is 1. The lowest BCUT2D eigenvalue weighted by molar-refractivity contribution is 0.0953. The lowest BCUT2D eigenvalue weighted by Gasteiger charge is -2.15. The Morgan fingerprint density at radius 2 is 1.92 bits per heavy atom. The van der Waals surface area contributed by atoms with Gasteiger partial charge in [-0.15, -0.1) is 11.3 Å². The summed E-state index contributed by atoms with van der Waals surface area (Å²) in [5, 5.41) is 3.43. The first-order valence-corrected chi connectivity index (χ1v) is 10.1. The number of hydrogen-bond acceptors (Lipinski definition) is 5. The van der Waals surface area contributed by atoms with Crippen molar-refractivity contribution in [2.24, 2.45) is 0 Å². The molecule has 1 N–H and O–H groups in total. The standard InChI is InChI=1S/C18H17NO4S2/c1-13-6-8-14(9-7-13)18(20)19-12-16(15-4-2-10-23-15)25(21,22)17-5-3-11-24-17/h2-11,16H,12H2,1H3,(H,19,20)/t16-/m0/s1. The average Bonchev–Trinajstić information content (AvgIpc) is 3.29. The number of benzene rings is 1. The summed E-state index contributed by atoms with van der Waals surface area (Å²) in [7, 11) is -3.66. The van der Waals surface area contributed by atoms with Gasteiger partial charge in [0.1, 0.15) is 15.2 Å². The van der Waals surface area contributed by atoms with E-state index in [9.17, 15) is 13.2 Å². The Bertz CT molecular complexity index is 928. The number of carbonyl (C=O) groups is 1. The van der Waals surface area contributed by atoms with Crippen molar-refractivity contribution >= 4 is 27.1 Å². The van der Waals surface area contributed by atoms with E-state index >= 15 is 0 Å². The monoisotopic (exact) mass is 375 g/mol. The SMILES string of the molecule is Cc1ccc(C(=O)NC[C@@H](c2ccco2)S(=O)(=O)c2cccs2)cc1. The van der Waals surface area contributed by atoms with E-state index in [1.165, 1.54) is 6.26 Å². The minimum absolute atomic E-state index is 0.0690. The van der Waals surface area contributed by atoms with Gasteiger partial charge < -0.3 is 9.73 Å². The smallest absolute Gasteiger partial charge is 0.251 e. The molecule has 0 spiro atoms. The van der Waals surface area contributed by atoms with Gasteiger partial charge in [-0.3, -0.25) is 4.79 Å². The van der Waals surface area contributed by atoms with Gasteiger partial charge in [-0.2, -0.15) is 0 Å². The van der Waals surface area contributed by atoms with Gasteiger partial charge in [0.2, 0.25) is 0 Å². The van der Waals surface area contributed by atoms with Crippen LogP contribution in [0, 0.1) is 6.92 Å². The molecule has 0 saturated heterocycles. The molecule has 25 heavy (non-hydrogen) atoms. The molecule has 0 bridgehead atoms. The third kappa shape index (κ3) is 3.83. The summed E-state index contributed by atoms with van der Waals surface area (Å²) >= 11 is 1.15. The largest absolute Gasteiger partial charge is 0.468 e. The van der Waals surface area contributed by atoms with Crippen LogP contribution in [0.1, 0.15) is 26.9 Å². The Labute approximate surface area is 150 Å². The van der Waals surface area contributed by atoms with E-state index in [1.54, 1.807) is 41.8 Å². The number of aryl methyl sites for hydroxylation is 1. The summed E-state index contributed by atoms with van der Waals surface area (Å²) in [6, 6.07) is 13.6. The minimum Gasteiger partial charge on any atom is -0.468 e. The van der Waals surface area contributed by atoms with E-state index < -0.39 is 15.1 Å². The molecule has 0 aliphatic carbocycles. The second-order valence-electron chi connectivity index (χ2n) is 5.56. The Morgan fingerprint density at radius 1 is 1.16 bits per heavy atom. The van der Waals surface area contributed by atoms with Gasteiger partial charge in [0, 0.05) is 12.1 Å². The number of furan rings is 1. The second-order valence-corrected chi connectivity index (χ2v) is 8.86. The molecule has 0 unspecified atom stereocenters. The number of carbonyl (C=O) groups excluding carboxylic acids is 1. The van der Waals surface area contributed by atoms with E-state index in [1.807, 2.05) is 19.1 Å². The topological polar surface area (TPSA) is 76.4 Å². The molecular weight excluding hydrogens is 358 g/mol. The average molecular weight is 375 g/mol.